The number of thiol groups is 3. The van der Waals surface area contributed by atoms with Crippen molar-refractivity contribution in [3.63, 3.8) is 0 Å². The Morgan fingerprint density at radius 2 is 1.19 bits per heavy atom. The first-order valence-corrected chi connectivity index (χ1v) is 15.6. The lowest BCUT2D eigenvalue weighted by Gasteiger charge is -2.41. The summed E-state index contributed by atoms with van der Waals surface area (Å²) >= 11 is 14.8. The van der Waals surface area contributed by atoms with Crippen LogP contribution < -0.4 is 0 Å². The lowest BCUT2D eigenvalue weighted by Crippen LogP contribution is -2.33. The molecule has 5 rings (SSSR count). The van der Waals surface area contributed by atoms with Crippen LogP contribution in [0.15, 0.2) is 0 Å². The molecular weight excluding hydrogens is 445 g/mol. The van der Waals surface area contributed by atoms with Crippen LogP contribution >= 0.6 is 37.9 Å². The van der Waals surface area contributed by atoms with E-state index < -0.39 is 0 Å². The highest BCUT2D eigenvalue weighted by atomic mass is 32.1. The van der Waals surface area contributed by atoms with Gasteiger partial charge < -0.3 is 0 Å². The summed E-state index contributed by atoms with van der Waals surface area (Å²) in [7, 11) is 0. The zero-order chi connectivity index (χ0) is 23.4. The van der Waals surface area contributed by atoms with E-state index in [1.165, 1.54) is 57.8 Å². The van der Waals surface area contributed by atoms with Crippen molar-refractivity contribution < 1.29 is 0 Å². The van der Waals surface area contributed by atoms with Gasteiger partial charge in [-0.2, -0.15) is 37.9 Å². The second-order valence-electron chi connectivity index (χ2n) is 15.5. The summed E-state index contributed by atoms with van der Waals surface area (Å²) < 4.78 is 0. The molecule has 0 heterocycles. The van der Waals surface area contributed by atoms with Gasteiger partial charge in [-0.1, -0.05) is 48.0 Å². The molecule has 3 heteroatoms. The number of rotatable bonds is 6. The normalized spacial score (nSPS) is 56.3. The molecule has 0 amide bonds. The Balaban J connectivity index is 1.63. The Bertz CT molecular complexity index is 764. The fraction of sp³-hybridized carbons (Fsp3) is 1.00. The summed E-state index contributed by atoms with van der Waals surface area (Å²) in [6, 6.07) is 0. The minimum Gasteiger partial charge on any atom is -0.179 e. The summed E-state index contributed by atoms with van der Waals surface area (Å²) in [5, 5.41) is 0. The van der Waals surface area contributed by atoms with E-state index >= 15 is 0 Å². The molecule has 0 radical (unpaired) electrons. The van der Waals surface area contributed by atoms with Gasteiger partial charge in [0.05, 0.1) is 0 Å². The highest BCUT2D eigenvalue weighted by molar-refractivity contribution is 7.80. The Morgan fingerprint density at radius 3 is 1.72 bits per heavy atom. The quantitative estimate of drug-likeness (QED) is 0.303. The highest BCUT2D eigenvalue weighted by Gasteiger charge is 2.82. The van der Waals surface area contributed by atoms with Gasteiger partial charge in [-0.3, -0.25) is 0 Å². The molecule has 2 spiro atoms. The monoisotopic (exact) mass is 494 g/mol. The molecule has 0 bridgehead atoms. The van der Waals surface area contributed by atoms with E-state index in [4.69, 9.17) is 37.9 Å². The van der Waals surface area contributed by atoms with Crippen molar-refractivity contribution in [2.24, 2.45) is 62.1 Å². The predicted molar refractivity (Wildman–Crippen MR) is 149 cm³/mol. The molecular formula is C29H50S3. The smallest absolute Gasteiger partial charge is 0.00435 e. The van der Waals surface area contributed by atoms with Crippen molar-refractivity contribution >= 4 is 37.9 Å². The first-order valence-electron chi connectivity index (χ1n) is 13.7. The van der Waals surface area contributed by atoms with Crippen molar-refractivity contribution in [3.05, 3.63) is 0 Å². The molecule has 5 aliphatic carbocycles. The molecule has 0 aliphatic heterocycles. The maximum atomic E-state index is 4.94. The highest BCUT2D eigenvalue weighted by Crippen LogP contribution is 2.89. The molecule has 0 nitrogen and oxygen atoms in total. The van der Waals surface area contributed by atoms with Crippen LogP contribution in [0, 0.1) is 62.1 Å². The van der Waals surface area contributed by atoms with Gasteiger partial charge in [-0.05, 0) is 131 Å². The molecule has 32 heavy (non-hydrogen) atoms. The van der Waals surface area contributed by atoms with Crippen molar-refractivity contribution in [3.8, 4) is 0 Å². The maximum absolute atomic E-state index is 4.94. The molecule has 5 fully saturated rings. The van der Waals surface area contributed by atoms with Gasteiger partial charge in [-0.15, -0.1) is 0 Å². The van der Waals surface area contributed by atoms with E-state index in [-0.39, 0.29) is 0 Å². The van der Waals surface area contributed by atoms with E-state index in [1.807, 2.05) is 0 Å². The molecule has 0 aromatic rings. The first kappa shape index (κ1) is 24.7. The molecule has 0 aromatic carbocycles. The van der Waals surface area contributed by atoms with Crippen molar-refractivity contribution in [1.82, 2.24) is 0 Å². The maximum Gasteiger partial charge on any atom is -0.00435 e. The van der Waals surface area contributed by atoms with Gasteiger partial charge in [0, 0.05) is 0 Å². The van der Waals surface area contributed by atoms with E-state index in [1.54, 1.807) is 0 Å². The average molecular weight is 495 g/mol. The molecule has 184 valence electrons. The third-order valence-electron chi connectivity index (χ3n) is 12.3. The Kier molecular flexibility index (Phi) is 5.82. The van der Waals surface area contributed by atoms with E-state index in [2.05, 4.69) is 41.5 Å². The Hall–Kier alpha value is 1.05. The van der Waals surface area contributed by atoms with Gasteiger partial charge in [-0.25, -0.2) is 0 Å². The van der Waals surface area contributed by atoms with Crippen LogP contribution in [-0.4, -0.2) is 17.3 Å². The predicted octanol–water partition coefficient (Wildman–Crippen LogP) is 8.47. The van der Waals surface area contributed by atoms with Crippen LogP contribution in [-0.2, 0) is 0 Å². The second kappa shape index (κ2) is 7.53. The van der Waals surface area contributed by atoms with Crippen LogP contribution in [0.5, 0.6) is 0 Å². The Labute approximate surface area is 215 Å². The standard InChI is InChI=1S/C29H50S3/c1-7-24(2,3)8-20-19-9-25(4,16-30)10-21(19)23-12-27(6,18-32)14-29(23)15-28(29)13-26(5,17-31)11-22(20)28/h19-23,30-32H,7-18H2,1-6H3. The first-order chi connectivity index (χ1) is 14.8. The topological polar surface area (TPSA) is 0 Å². The summed E-state index contributed by atoms with van der Waals surface area (Å²) in [6.07, 6.45) is 12.9. The van der Waals surface area contributed by atoms with Gasteiger partial charge in [0.2, 0.25) is 0 Å². The Morgan fingerprint density at radius 1 is 0.688 bits per heavy atom. The van der Waals surface area contributed by atoms with E-state index in [9.17, 15) is 0 Å². The molecule has 0 aromatic heterocycles. The van der Waals surface area contributed by atoms with Gasteiger partial charge in [0.25, 0.3) is 0 Å². The molecule has 5 aliphatic rings. The summed E-state index contributed by atoms with van der Waals surface area (Å²) in [6.45, 7) is 15.3. The van der Waals surface area contributed by atoms with Crippen LogP contribution in [0.3, 0.4) is 0 Å². The van der Waals surface area contributed by atoms with Crippen LogP contribution in [0.25, 0.3) is 0 Å². The van der Waals surface area contributed by atoms with Gasteiger partial charge >= 0.3 is 0 Å². The van der Waals surface area contributed by atoms with Gasteiger partial charge in [0.15, 0.2) is 0 Å². The zero-order valence-electron chi connectivity index (χ0n) is 21.7. The minimum absolute atomic E-state index is 0.439. The molecule has 0 N–H and O–H groups in total. The second-order valence-corrected chi connectivity index (χ2v) is 16.4. The molecule has 10 atom stereocenters. The van der Waals surface area contributed by atoms with Crippen molar-refractivity contribution in [1.29, 1.82) is 0 Å². The van der Waals surface area contributed by atoms with E-state index in [0.29, 0.717) is 32.5 Å². The summed E-state index contributed by atoms with van der Waals surface area (Å²) in [5.41, 5.74) is 3.01. The lowest BCUT2D eigenvalue weighted by molar-refractivity contribution is 0.0853. The van der Waals surface area contributed by atoms with Gasteiger partial charge in [0.1, 0.15) is 0 Å². The van der Waals surface area contributed by atoms with Crippen LogP contribution in [0.1, 0.15) is 99.3 Å². The SMILES string of the molecule is CCC(C)(C)CC1C2CC(C)(CS)CC2C2CC(C)(CS)CC23CC32CC(C)(CS)CC12. The van der Waals surface area contributed by atoms with E-state index in [0.717, 1.165) is 46.8 Å². The van der Waals surface area contributed by atoms with Crippen LogP contribution in [0.2, 0.25) is 0 Å². The summed E-state index contributed by atoms with van der Waals surface area (Å²) in [4.78, 5) is 0. The van der Waals surface area contributed by atoms with Crippen molar-refractivity contribution in [2.45, 2.75) is 99.3 Å². The lowest BCUT2D eigenvalue weighted by atomic mass is 9.64. The largest absolute Gasteiger partial charge is 0.179 e. The minimum atomic E-state index is 0.439. The fourth-order valence-electron chi connectivity index (χ4n) is 10.7. The zero-order valence-corrected chi connectivity index (χ0v) is 24.4. The summed E-state index contributed by atoms with van der Waals surface area (Å²) in [5.74, 6) is 7.82. The fourth-order valence-corrected chi connectivity index (χ4v) is 11.4. The van der Waals surface area contributed by atoms with Crippen LogP contribution in [0.4, 0.5) is 0 Å². The van der Waals surface area contributed by atoms with Crippen molar-refractivity contribution in [2.75, 3.05) is 17.3 Å². The molecule has 0 saturated heterocycles. The third-order valence-corrected chi connectivity index (χ3v) is 14.6. The molecule has 10 unspecified atom stereocenters. The number of hydrogen-bond acceptors (Lipinski definition) is 3. The molecule has 5 saturated carbocycles. The number of hydrogen-bond donors (Lipinski definition) is 3. The average Bonchev–Trinajstić information content (AvgIpc) is 3.00. The third kappa shape index (κ3) is 3.38. The number of fused-ring (bicyclic) bond motifs is 2.